The molecule has 0 saturated carbocycles. The number of nitrogens with zero attached hydrogens (tertiary/aromatic N) is 4. The molecule has 1 rings (SSSR count). The van der Waals surface area contributed by atoms with Crippen LogP contribution in [0.4, 0.5) is 10.0 Å². The number of thiophene rings is 1. The van der Waals surface area contributed by atoms with Crippen molar-refractivity contribution in [2.24, 2.45) is 5.11 Å². The van der Waals surface area contributed by atoms with E-state index < -0.39 is 4.92 Å². The number of hydrogen-bond donors (Lipinski definition) is 0. The van der Waals surface area contributed by atoms with E-state index >= 15 is 0 Å². The molecule has 1 heterocycles. The highest BCUT2D eigenvalue weighted by atomic mass is 32.1. The number of rotatable bonds is 2. The maximum atomic E-state index is 10.1. The molecule has 0 amide bonds. The van der Waals surface area contributed by atoms with Gasteiger partial charge in [-0.2, -0.15) is 0 Å². The molecule has 0 unspecified atom stereocenters. The Balaban J connectivity index is 2.99. The van der Waals surface area contributed by atoms with Gasteiger partial charge in [0, 0.05) is 11.0 Å². The highest BCUT2D eigenvalue weighted by molar-refractivity contribution is 7.18. The van der Waals surface area contributed by atoms with Crippen LogP contribution in [0.25, 0.3) is 10.4 Å². The lowest BCUT2D eigenvalue weighted by atomic mass is 10.6. The number of azide groups is 1. The lowest BCUT2D eigenvalue weighted by Crippen LogP contribution is -1.80. The molecule has 0 saturated heterocycles. The zero-order valence-electron chi connectivity index (χ0n) is 5.17. The first-order valence-corrected chi connectivity index (χ1v) is 3.35. The monoisotopic (exact) mass is 170 g/mol. The zero-order chi connectivity index (χ0) is 8.27. The van der Waals surface area contributed by atoms with Crippen LogP contribution in [0.3, 0.4) is 0 Å². The van der Waals surface area contributed by atoms with Gasteiger partial charge in [0.25, 0.3) is 0 Å². The summed E-state index contributed by atoms with van der Waals surface area (Å²) >= 11 is 0.846. The molecule has 0 aliphatic heterocycles. The van der Waals surface area contributed by atoms with Gasteiger partial charge in [0.15, 0.2) is 0 Å². The summed E-state index contributed by atoms with van der Waals surface area (Å²) in [5, 5.41) is 13.6. The first kappa shape index (κ1) is 7.52. The van der Waals surface area contributed by atoms with Crippen molar-refractivity contribution >= 4 is 21.3 Å². The van der Waals surface area contributed by atoms with Crippen molar-refractivity contribution in [3.63, 3.8) is 0 Å². The predicted octanol–water partition coefficient (Wildman–Crippen LogP) is 2.60. The molecule has 1 aromatic rings. The molecule has 0 atom stereocenters. The zero-order valence-corrected chi connectivity index (χ0v) is 5.98. The Morgan fingerprint density at radius 2 is 2.45 bits per heavy atom. The standard InChI is InChI=1S/C4H2N4O2S/c5-7-6-3-1-2-4(11-3)8(9)10/h1-2H. The van der Waals surface area contributed by atoms with Gasteiger partial charge in [0.05, 0.1) is 9.92 Å². The summed E-state index contributed by atoms with van der Waals surface area (Å²) in [6.07, 6.45) is 0. The minimum Gasteiger partial charge on any atom is -0.258 e. The van der Waals surface area contributed by atoms with Gasteiger partial charge in [0.1, 0.15) is 0 Å². The molecule has 0 N–H and O–H groups in total. The summed E-state index contributed by atoms with van der Waals surface area (Å²) in [7, 11) is 0. The largest absolute Gasteiger partial charge is 0.324 e. The summed E-state index contributed by atoms with van der Waals surface area (Å²) in [5.41, 5.74) is 7.96. The summed E-state index contributed by atoms with van der Waals surface area (Å²) in [6, 6.07) is 2.71. The number of nitro groups is 1. The maximum absolute atomic E-state index is 10.1. The van der Waals surface area contributed by atoms with Crippen LogP contribution in [-0.4, -0.2) is 4.92 Å². The molecule has 0 fully saturated rings. The van der Waals surface area contributed by atoms with E-state index in [1.807, 2.05) is 0 Å². The summed E-state index contributed by atoms with van der Waals surface area (Å²) in [5.74, 6) is 0. The average Bonchev–Trinajstić information content (AvgIpc) is 2.37. The van der Waals surface area contributed by atoms with Crippen molar-refractivity contribution in [3.8, 4) is 0 Å². The Hall–Kier alpha value is -1.59. The minimum atomic E-state index is -0.527. The van der Waals surface area contributed by atoms with Crippen LogP contribution in [0, 0.1) is 10.1 Å². The number of hydrogen-bond acceptors (Lipinski definition) is 4. The van der Waals surface area contributed by atoms with E-state index in [9.17, 15) is 10.1 Å². The minimum absolute atomic E-state index is 0.0209. The van der Waals surface area contributed by atoms with E-state index in [1.165, 1.54) is 12.1 Å². The van der Waals surface area contributed by atoms with Gasteiger partial charge in [0.2, 0.25) is 0 Å². The van der Waals surface area contributed by atoms with E-state index in [4.69, 9.17) is 5.53 Å². The van der Waals surface area contributed by atoms with Crippen LogP contribution < -0.4 is 0 Å². The average molecular weight is 170 g/mol. The fourth-order valence-electron chi connectivity index (χ4n) is 0.514. The molecule has 7 heteroatoms. The molecule has 0 spiro atoms. The second kappa shape index (κ2) is 3.00. The van der Waals surface area contributed by atoms with E-state index in [-0.39, 0.29) is 5.00 Å². The molecule has 0 radical (unpaired) electrons. The van der Waals surface area contributed by atoms with Gasteiger partial charge in [-0.25, -0.2) is 0 Å². The van der Waals surface area contributed by atoms with Gasteiger partial charge in [-0.3, -0.25) is 10.1 Å². The molecule has 6 nitrogen and oxygen atoms in total. The van der Waals surface area contributed by atoms with Crippen LogP contribution in [-0.2, 0) is 0 Å². The van der Waals surface area contributed by atoms with E-state index in [2.05, 4.69) is 10.0 Å². The normalized spacial score (nSPS) is 8.73. The Kier molecular flexibility index (Phi) is 2.05. The lowest BCUT2D eigenvalue weighted by molar-refractivity contribution is -0.380. The topological polar surface area (TPSA) is 91.9 Å². The SMILES string of the molecule is [N-]=[N+]=Nc1ccc([N+](=O)[O-])s1. The molecule has 0 aromatic carbocycles. The Morgan fingerprint density at radius 1 is 1.73 bits per heavy atom. The molecule has 56 valence electrons. The third-order valence-electron chi connectivity index (χ3n) is 0.901. The Bertz CT molecular complexity index is 310. The summed E-state index contributed by atoms with van der Waals surface area (Å²) in [6.45, 7) is 0. The third kappa shape index (κ3) is 1.66. The van der Waals surface area contributed by atoms with Crippen molar-refractivity contribution in [3.05, 3.63) is 32.7 Å². The second-order valence-corrected chi connectivity index (χ2v) is 2.60. The fourth-order valence-corrected chi connectivity index (χ4v) is 1.15. The quantitative estimate of drug-likeness (QED) is 0.224. The van der Waals surface area contributed by atoms with E-state index in [0.717, 1.165) is 11.3 Å². The molecule has 0 bridgehead atoms. The predicted molar refractivity (Wildman–Crippen MR) is 39.8 cm³/mol. The van der Waals surface area contributed by atoms with Crippen molar-refractivity contribution in [1.29, 1.82) is 0 Å². The first-order chi connectivity index (χ1) is 5.24. The molecule has 11 heavy (non-hydrogen) atoms. The summed E-state index contributed by atoms with van der Waals surface area (Å²) in [4.78, 5) is 12.1. The second-order valence-electron chi connectivity index (χ2n) is 1.56. The van der Waals surface area contributed by atoms with E-state index in [0.29, 0.717) is 5.00 Å². The Morgan fingerprint density at radius 3 is 2.91 bits per heavy atom. The maximum Gasteiger partial charge on any atom is 0.324 e. The van der Waals surface area contributed by atoms with Crippen molar-refractivity contribution in [2.45, 2.75) is 0 Å². The Labute approximate surface area is 64.9 Å². The van der Waals surface area contributed by atoms with Crippen molar-refractivity contribution in [1.82, 2.24) is 0 Å². The highest BCUT2D eigenvalue weighted by Gasteiger charge is 2.07. The van der Waals surface area contributed by atoms with Crippen molar-refractivity contribution in [2.75, 3.05) is 0 Å². The molecular weight excluding hydrogens is 168 g/mol. The lowest BCUT2D eigenvalue weighted by Gasteiger charge is -1.78. The van der Waals surface area contributed by atoms with Gasteiger partial charge < -0.3 is 0 Å². The van der Waals surface area contributed by atoms with Gasteiger partial charge >= 0.3 is 5.00 Å². The fraction of sp³-hybridized carbons (Fsp3) is 0. The summed E-state index contributed by atoms with van der Waals surface area (Å²) < 4.78 is 0. The molecule has 1 aromatic heterocycles. The van der Waals surface area contributed by atoms with Gasteiger partial charge in [-0.1, -0.05) is 11.3 Å². The van der Waals surface area contributed by atoms with Gasteiger partial charge in [-0.15, -0.1) is 0 Å². The smallest absolute Gasteiger partial charge is 0.258 e. The highest BCUT2D eigenvalue weighted by Crippen LogP contribution is 2.30. The first-order valence-electron chi connectivity index (χ1n) is 2.53. The van der Waals surface area contributed by atoms with Crippen LogP contribution in [0.5, 0.6) is 0 Å². The van der Waals surface area contributed by atoms with Gasteiger partial charge in [-0.05, 0) is 16.7 Å². The molecular formula is C4H2N4O2S. The third-order valence-corrected chi connectivity index (χ3v) is 1.82. The van der Waals surface area contributed by atoms with Crippen LogP contribution in [0.1, 0.15) is 0 Å². The van der Waals surface area contributed by atoms with Crippen LogP contribution in [0.2, 0.25) is 0 Å². The van der Waals surface area contributed by atoms with Crippen LogP contribution in [0.15, 0.2) is 17.2 Å². The van der Waals surface area contributed by atoms with Crippen LogP contribution >= 0.6 is 11.3 Å². The van der Waals surface area contributed by atoms with Crippen molar-refractivity contribution < 1.29 is 4.92 Å². The molecule has 0 aliphatic rings. The molecule has 0 aliphatic carbocycles. The van der Waals surface area contributed by atoms with E-state index in [1.54, 1.807) is 0 Å².